The van der Waals surface area contributed by atoms with E-state index in [2.05, 4.69) is 21.5 Å². The summed E-state index contributed by atoms with van der Waals surface area (Å²) >= 11 is 1.62. The number of nitrogens with zero attached hydrogens (tertiary/aromatic N) is 2. The molecule has 0 spiro atoms. The Bertz CT molecular complexity index is 789. The molecule has 0 bridgehead atoms. The van der Waals surface area contributed by atoms with Crippen LogP contribution >= 0.6 is 11.8 Å². The van der Waals surface area contributed by atoms with Crippen LogP contribution in [0.15, 0.2) is 57.8 Å². The van der Waals surface area contributed by atoms with Crippen LogP contribution in [-0.4, -0.2) is 15.0 Å². The second-order valence-electron chi connectivity index (χ2n) is 4.38. The van der Waals surface area contributed by atoms with Gasteiger partial charge in [-0.2, -0.15) is 4.98 Å². The zero-order valence-corrected chi connectivity index (χ0v) is 11.6. The van der Waals surface area contributed by atoms with Crippen LogP contribution < -0.4 is 5.69 Å². The minimum absolute atomic E-state index is 0.307. The standard InChI is InChI=1S/C15H13N3OS/c1-2-3-4-8-16-13-9-11-14-10(17-15(19)18-11)6-5-7-12(14)20-13/h2,4-8H,1,3,9H2,(H,17,18,19)/b8-4-,16-13?. The molecule has 2 heterocycles. The Balaban J connectivity index is 2.03. The fraction of sp³-hybridized carbons (Fsp3) is 0.133. The molecule has 0 radical (unpaired) electrons. The number of nitrogens with one attached hydrogen (secondary N) is 1. The number of aromatic amines is 1. The lowest BCUT2D eigenvalue weighted by molar-refractivity contribution is 1.04. The van der Waals surface area contributed by atoms with Crippen molar-refractivity contribution < 1.29 is 0 Å². The maximum atomic E-state index is 11.6. The summed E-state index contributed by atoms with van der Waals surface area (Å²) in [5.41, 5.74) is 1.33. The molecule has 1 aliphatic heterocycles. The number of benzene rings is 1. The van der Waals surface area contributed by atoms with E-state index in [1.54, 1.807) is 18.0 Å². The molecule has 0 saturated heterocycles. The number of thioether (sulfide) groups is 1. The smallest absolute Gasteiger partial charge is 0.309 e. The lowest BCUT2D eigenvalue weighted by atomic mass is 10.1. The molecule has 0 saturated carbocycles. The third kappa shape index (κ3) is 2.44. The van der Waals surface area contributed by atoms with Gasteiger partial charge in [-0.1, -0.05) is 30.0 Å². The molecule has 0 atom stereocenters. The van der Waals surface area contributed by atoms with Gasteiger partial charge in [0, 0.05) is 28.6 Å². The fourth-order valence-electron chi connectivity index (χ4n) is 2.14. The average Bonchev–Trinajstić information content (AvgIpc) is 2.43. The van der Waals surface area contributed by atoms with Crippen LogP contribution in [0.2, 0.25) is 0 Å². The van der Waals surface area contributed by atoms with Gasteiger partial charge in [0.15, 0.2) is 0 Å². The summed E-state index contributed by atoms with van der Waals surface area (Å²) in [5.74, 6) is 0. The highest BCUT2D eigenvalue weighted by atomic mass is 32.2. The van der Waals surface area contributed by atoms with Crippen LogP contribution in [-0.2, 0) is 6.42 Å². The summed E-state index contributed by atoms with van der Waals surface area (Å²) in [6, 6.07) is 5.81. The minimum Gasteiger partial charge on any atom is -0.309 e. The molecule has 20 heavy (non-hydrogen) atoms. The third-order valence-corrected chi connectivity index (χ3v) is 4.01. The predicted molar refractivity (Wildman–Crippen MR) is 83.3 cm³/mol. The number of aliphatic imine (C=N–C) groups is 1. The van der Waals surface area contributed by atoms with Gasteiger partial charge >= 0.3 is 5.69 Å². The third-order valence-electron chi connectivity index (χ3n) is 2.97. The Kier molecular flexibility index (Phi) is 3.52. The lowest BCUT2D eigenvalue weighted by Crippen LogP contribution is -2.17. The Morgan fingerprint density at radius 2 is 2.40 bits per heavy atom. The van der Waals surface area contributed by atoms with Gasteiger partial charge in [-0.05, 0) is 18.6 Å². The van der Waals surface area contributed by atoms with E-state index in [-0.39, 0.29) is 5.69 Å². The van der Waals surface area contributed by atoms with Gasteiger partial charge in [0.05, 0.1) is 10.6 Å². The highest BCUT2D eigenvalue weighted by Crippen LogP contribution is 2.34. The Hall–Kier alpha value is -2.14. The molecular formula is C15H13N3OS. The molecule has 0 unspecified atom stereocenters. The highest BCUT2D eigenvalue weighted by Gasteiger charge is 2.18. The first kappa shape index (κ1) is 12.9. The van der Waals surface area contributed by atoms with Crippen molar-refractivity contribution in [3.05, 3.63) is 59.3 Å². The summed E-state index contributed by atoms with van der Waals surface area (Å²) in [7, 11) is 0. The Labute approximate surface area is 120 Å². The van der Waals surface area contributed by atoms with Crippen molar-refractivity contribution in [2.75, 3.05) is 0 Å². The molecule has 4 nitrogen and oxygen atoms in total. The fourth-order valence-corrected chi connectivity index (χ4v) is 3.20. The maximum absolute atomic E-state index is 11.6. The molecule has 0 amide bonds. The lowest BCUT2D eigenvalue weighted by Gasteiger charge is -2.16. The number of hydrogen-bond acceptors (Lipinski definition) is 4. The van der Waals surface area contributed by atoms with Gasteiger partial charge in [-0.15, -0.1) is 6.58 Å². The van der Waals surface area contributed by atoms with Crippen molar-refractivity contribution in [1.82, 2.24) is 9.97 Å². The van der Waals surface area contributed by atoms with E-state index >= 15 is 0 Å². The molecule has 0 fully saturated rings. The molecule has 5 heteroatoms. The number of rotatable bonds is 3. The second-order valence-corrected chi connectivity index (χ2v) is 5.50. The van der Waals surface area contributed by atoms with Crippen LogP contribution in [0.25, 0.3) is 10.9 Å². The van der Waals surface area contributed by atoms with Crippen LogP contribution in [0.3, 0.4) is 0 Å². The van der Waals surface area contributed by atoms with E-state index in [0.29, 0.717) is 6.42 Å². The highest BCUT2D eigenvalue weighted by molar-refractivity contribution is 8.14. The average molecular weight is 283 g/mol. The van der Waals surface area contributed by atoms with Crippen molar-refractivity contribution in [3.63, 3.8) is 0 Å². The number of hydrogen-bond donors (Lipinski definition) is 1. The largest absolute Gasteiger partial charge is 0.345 e. The van der Waals surface area contributed by atoms with Gasteiger partial charge in [-0.3, -0.25) is 4.99 Å². The molecule has 1 aliphatic rings. The molecule has 0 aliphatic carbocycles. The maximum Gasteiger partial charge on any atom is 0.345 e. The number of allylic oxidation sites excluding steroid dienone is 2. The molecular weight excluding hydrogens is 270 g/mol. The molecule has 100 valence electrons. The van der Waals surface area contributed by atoms with Gasteiger partial charge in [-0.25, -0.2) is 4.79 Å². The van der Waals surface area contributed by atoms with Crippen LogP contribution in [0.4, 0.5) is 0 Å². The zero-order valence-electron chi connectivity index (χ0n) is 10.8. The summed E-state index contributed by atoms with van der Waals surface area (Å²) in [5, 5.41) is 2.00. The molecule has 1 aromatic carbocycles. The summed E-state index contributed by atoms with van der Waals surface area (Å²) in [4.78, 5) is 23.9. The van der Waals surface area contributed by atoms with Gasteiger partial charge in [0.25, 0.3) is 0 Å². The van der Waals surface area contributed by atoms with E-state index in [1.807, 2.05) is 30.4 Å². The van der Waals surface area contributed by atoms with Crippen molar-refractivity contribution >= 4 is 27.7 Å². The zero-order chi connectivity index (χ0) is 13.9. The topological polar surface area (TPSA) is 58.1 Å². The first-order chi connectivity index (χ1) is 9.78. The van der Waals surface area contributed by atoms with Crippen LogP contribution in [0, 0.1) is 0 Å². The summed E-state index contributed by atoms with van der Waals surface area (Å²) < 4.78 is 0. The first-order valence-corrected chi connectivity index (χ1v) is 7.12. The van der Waals surface area contributed by atoms with Crippen molar-refractivity contribution in [1.29, 1.82) is 0 Å². The predicted octanol–water partition coefficient (Wildman–Crippen LogP) is 3.06. The molecule has 1 N–H and O–H groups in total. The summed E-state index contributed by atoms with van der Waals surface area (Å²) in [6.07, 6.45) is 6.99. The monoisotopic (exact) mass is 283 g/mol. The van der Waals surface area contributed by atoms with E-state index in [1.165, 1.54) is 0 Å². The number of H-pyrrole nitrogens is 1. The van der Waals surface area contributed by atoms with Crippen LogP contribution in [0.1, 0.15) is 12.1 Å². The Morgan fingerprint density at radius 1 is 1.50 bits per heavy atom. The molecule has 1 aromatic heterocycles. The first-order valence-electron chi connectivity index (χ1n) is 6.30. The summed E-state index contributed by atoms with van der Waals surface area (Å²) in [6.45, 7) is 3.66. The van der Waals surface area contributed by atoms with Gasteiger partial charge < -0.3 is 4.98 Å². The number of aromatic nitrogens is 2. The SMILES string of the molecule is C=CC/C=C\N=C1Cc2[nH]c(=O)nc3cccc(c23)S1. The van der Waals surface area contributed by atoms with E-state index in [9.17, 15) is 4.79 Å². The van der Waals surface area contributed by atoms with Gasteiger partial charge in [0.1, 0.15) is 0 Å². The van der Waals surface area contributed by atoms with Crippen molar-refractivity contribution in [2.24, 2.45) is 4.99 Å². The van der Waals surface area contributed by atoms with E-state index in [4.69, 9.17) is 0 Å². The van der Waals surface area contributed by atoms with E-state index < -0.39 is 0 Å². The van der Waals surface area contributed by atoms with Crippen LogP contribution in [0.5, 0.6) is 0 Å². The van der Waals surface area contributed by atoms with Crippen molar-refractivity contribution in [2.45, 2.75) is 17.7 Å². The normalized spacial score (nSPS) is 16.1. The van der Waals surface area contributed by atoms with Gasteiger partial charge in [0.2, 0.25) is 0 Å². The van der Waals surface area contributed by atoms with E-state index in [0.717, 1.165) is 33.0 Å². The quantitative estimate of drug-likeness (QED) is 0.881. The second kappa shape index (κ2) is 5.46. The molecule has 2 aromatic rings. The van der Waals surface area contributed by atoms with Crippen molar-refractivity contribution in [3.8, 4) is 0 Å². The Morgan fingerprint density at radius 3 is 3.25 bits per heavy atom. The minimum atomic E-state index is -0.307. The molecule has 3 rings (SSSR count).